The highest BCUT2D eigenvalue weighted by atomic mass is 35.5. The molecule has 0 radical (unpaired) electrons. The lowest BCUT2D eigenvalue weighted by Gasteiger charge is -2.16. The van der Waals surface area contributed by atoms with Crippen molar-refractivity contribution in [2.45, 2.75) is 37.7 Å². The predicted octanol–water partition coefficient (Wildman–Crippen LogP) is 4.61. The number of anilines is 1. The molecule has 0 aliphatic heterocycles. The minimum atomic E-state index is -0.524. The molecule has 1 N–H and O–H groups in total. The van der Waals surface area contributed by atoms with Gasteiger partial charge in [-0.3, -0.25) is 4.79 Å². The quantitative estimate of drug-likeness (QED) is 0.607. The Balaban J connectivity index is 1.26. The van der Waals surface area contributed by atoms with E-state index in [1.807, 2.05) is 7.05 Å². The topological polar surface area (TPSA) is 81.9 Å². The minimum Gasteiger partial charge on any atom is -0.460 e. The minimum absolute atomic E-state index is 0.0330. The van der Waals surface area contributed by atoms with Gasteiger partial charge in [0.1, 0.15) is 17.6 Å². The van der Waals surface area contributed by atoms with Crippen molar-refractivity contribution in [3.05, 3.63) is 65.2 Å². The normalized spacial score (nSPS) is 24.3. The van der Waals surface area contributed by atoms with Crippen LogP contribution in [0.3, 0.4) is 0 Å². The predicted molar refractivity (Wildman–Crippen MR) is 117 cm³/mol. The van der Waals surface area contributed by atoms with Crippen LogP contribution >= 0.6 is 11.6 Å². The smallest absolute Gasteiger partial charge is 0.316 e. The summed E-state index contributed by atoms with van der Waals surface area (Å²) in [4.78, 5) is 25.9. The van der Waals surface area contributed by atoms with Gasteiger partial charge < -0.3 is 14.6 Å². The van der Waals surface area contributed by atoms with Crippen molar-refractivity contribution in [3.63, 3.8) is 0 Å². The largest absolute Gasteiger partial charge is 0.460 e. The Morgan fingerprint density at radius 2 is 1.88 bits per heavy atom. The molecule has 7 nitrogen and oxygen atoms in total. The van der Waals surface area contributed by atoms with E-state index in [0.29, 0.717) is 29.2 Å². The molecule has 2 aliphatic rings. The molecule has 32 heavy (non-hydrogen) atoms. The van der Waals surface area contributed by atoms with Crippen LogP contribution < -0.4 is 10.1 Å². The zero-order valence-corrected chi connectivity index (χ0v) is 18.3. The number of hydrogen-bond acceptors (Lipinski definition) is 5. The third kappa shape index (κ3) is 4.07. The Morgan fingerprint density at radius 3 is 2.56 bits per heavy atom. The molecule has 2 heterocycles. The molecule has 166 valence electrons. The lowest BCUT2D eigenvalue weighted by atomic mass is 9.97. The van der Waals surface area contributed by atoms with Gasteiger partial charge in [0.2, 0.25) is 0 Å². The number of hydrogen-bond donors (Lipinski definition) is 1. The molecular formula is C23H23ClFN5O2. The molecule has 3 aromatic rings. The number of amides is 1. The van der Waals surface area contributed by atoms with Gasteiger partial charge in [0.05, 0.1) is 17.0 Å². The van der Waals surface area contributed by atoms with Crippen molar-refractivity contribution in [2.75, 3.05) is 5.32 Å². The number of halogens is 2. The SMILES string of the molecule is Cn1cnc(C2CC3CC(Oc4ncccn4)CC3C2)c1C(=O)Nc1ccc(F)c(Cl)c1. The first-order chi connectivity index (χ1) is 15.5. The average Bonchev–Trinajstić information content (AvgIpc) is 3.44. The van der Waals surface area contributed by atoms with Crippen LogP contribution in [0.1, 0.15) is 47.8 Å². The number of rotatable bonds is 5. The first-order valence-corrected chi connectivity index (χ1v) is 11.1. The maximum absolute atomic E-state index is 13.4. The molecule has 5 rings (SSSR count). The summed E-state index contributed by atoms with van der Waals surface area (Å²) in [5, 5.41) is 2.78. The number of nitrogens with one attached hydrogen (secondary N) is 1. The number of ether oxygens (including phenoxy) is 1. The molecule has 0 spiro atoms. The standard InChI is InChI=1S/C23H23ClFN5O2/c1-30-12-28-20(21(30)22(31)29-16-3-4-19(25)18(24)11-16)15-7-13-9-17(10-14(13)8-15)32-23-26-5-2-6-27-23/h2-6,11-15,17H,7-10H2,1H3,(H,29,31). The van der Waals surface area contributed by atoms with Crippen LogP contribution in [0, 0.1) is 17.7 Å². The fraction of sp³-hybridized carbons (Fsp3) is 0.391. The van der Waals surface area contributed by atoms with Gasteiger partial charge in [0.25, 0.3) is 5.91 Å². The summed E-state index contributed by atoms with van der Waals surface area (Å²) < 4.78 is 21.1. The number of imidazole rings is 1. The van der Waals surface area contributed by atoms with Gasteiger partial charge in [0, 0.05) is 31.0 Å². The number of nitrogens with zero attached hydrogens (tertiary/aromatic N) is 4. The van der Waals surface area contributed by atoms with Crippen LogP contribution in [0.5, 0.6) is 6.01 Å². The van der Waals surface area contributed by atoms with Gasteiger partial charge in [-0.05, 0) is 61.8 Å². The average molecular weight is 456 g/mol. The van der Waals surface area contributed by atoms with Gasteiger partial charge >= 0.3 is 6.01 Å². The summed E-state index contributed by atoms with van der Waals surface area (Å²) in [5.74, 6) is 0.481. The van der Waals surface area contributed by atoms with Gasteiger partial charge in [-0.1, -0.05) is 11.6 Å². The number of aryl methyl sites for hydroxylation is 1. The maximum atomic E-state index is 13.4. The Kier molecular flexibility index (Phi) is 5.55. The van der Waals surface area contributed by atoms with Crippen LogP contribution in [-0.2, 0) is 7.05 Å². The molecule has 9 heteroatoms. The maximum Gasteiger partial charge on any atom is 0.316 e. The second-order valence-electron chi connectivity index (χ2n) is 8.60. The molecule has 2 saturated carbocycles. The fourth-order valence-corrected chi connectivity index (χ4v) is 5.34. The summed E-state index contributed by atoms with van der Waals surface area (Å²) >= 11 is 5.84. The summed E-state index contributed by atoms with van der Waals surface area (Å²) in [7, 11) is 1.81. The third-order valence-corrected chi connectivity index (χ3v) is 6.82. The first kappa shape index (κ1) is 20.9. The van der Waals surface area contributed by atoms with E-state index < -0.39 is 5.82 Å². The van der Waals surface area contributed by atoms with Crippen LogP contribution in [0.4, 0.5) is 10.1 Å². The molecule has 0 saturated heterocycles. The molecule has 2 fully saturated rings. The van der Waals surface area contributed by atoms with Crippen molar-refractivity contribution >= 4 is 23.2 Å². The van der Waals surface area contributed by atoms with Gasteiger partial charge in [-0.2, -0.15) is 0 Å². The highest BCUT2D eigenvalue weighted by Crippen LogP contribution is 2.51. The number of carbonyl (C=O) groups is 1. The Morgan fingerprint density at radius 1 is 1.16 bits per heavy atom. The van der Waals surface area contributed by atoms with E-state index >= 15 is 0 Å². The van der Waals surface area contributed by atoms with Gasteiger partial charge in [-0.15, -0.1) is 0 Å². The lowest BCUT2D eigenvalue weighted by Crippen LogP contribution is -2.19. The molecular weight excluding hydrogens is 433 g/mol. The Labute approximate surface area is 190 Å². The summed E-state index contributed by atoms with van der Waals surface area (Å²) in [5.41, 5.74) is 1.79. The van der Waals surface area contributed by atoms with E-state index in [2.05, 4.69) is 20.3 Å². The van der Waals surface area contributed by atoms with E-state index in [0.717, 1.165) is 31.4 Å². The summed E-state index contributed by atoms with van der Waals surface area (Å²) in [6.07, 6.45) is 9.03. The van der Waals surface area contributed by atoms with Crippen LogP contribution in [0.25, 0.3) is 0 Å². The second-order valence-corrected chi connectivity index (χ2v) is 9.01. The summed E-state index contributed by atoms with van der Waals surface area (Å²) in [6, 6.07) is 6.33. The molecule has 2 unspecified atom stereocenters. The number of carbonyl (C=O) groups excluding carboxylic acids is 1. The summed E-state index contributed by atoms with van der Waals surface area (Å²) in [6.45, 7) is 0. The number of aromatic nitrogens is 4. The Bertz CT molecular complexity index is 1120. The zero-order valence-electron chi connectivity index (χ0n) is 17.5. The van der Waals surface area contributed by atoms with Crippen molar-refractivity contribution in [1.82, 2.24) is 19.5 Å². The van der Waals surface area contributed by atoms with Crippen molar-refractivity contribution < 1.29 is 13.9 Å². The van der Waals surface area contributed by atoms with E-state index in [1.165, 1.54) is 18.2 Å². The van der Waals surface area contributed by atoms with Crippen LogP contribution in [0.2, 0.25) is 5.02 Å². The molecule has 2 aromatic heterocycles. The highest BCUT2D eigenvalue weighted by Gasteiger charge is 2.44. The number of fused-ring (bicyclic) bond motifs is 1. The highest BCUT2D eigenvalue weighted by molar-refractivity contribution is 6.31. The molecule has 1 amide bonds. The van der Waals surface area contributed by atoms with Crippen LogP contribution in [0.15, 0.2) is 43.0 Å². The molecule has 2 aliphatic carbocycles. The van der Waals surface area contributed by atoms with Crippen molar-refractivity contribution in [1.29, 1.82) is 0 Å². The van der Waals surface area contributed by atoms with Crippen molar-refractivity contribution in [3.8, 4) is 6.01 Å². The first-order valence-electron chi connectivity index (χ1n) is 10.7. The molecule has 2 atom stereocenters. The van der Waals surface area contributed by atoms with Crippen molar-refractivity contribution in [2.24, 2.45) is 18.9 Å². The van der Waals surface area contributed by atoms with Gasteiger partial charge in [-0.25, -0.2) is 19.3 Å². The van der Waals surface area contributed by atoms with E-state index in [4.69, 9.17) is 16.3 Å². The second kappa shape index (κ2) is 8.50. The zero-order chi connectivity index (χ0) is 22.2. The lowest BCUT2D eigenvalue weighted by molar-refractivity contribution is 0.101. The van der Waals surface area contributed by atoms with Crippen LogP contribution in [-0.4, -0.2) is 31.5 Å². The molecule has 0 bridgehead atoms. The van der Waals surface area contributed by atoms with E-state index in [-0.39, 0.29) is 23.0 Å². The molecule has 1 aromatic carbocycles. The monoisotopic (exact) mass is 455 g/mol. The van der Waals surface area contributed by atoms with E-state index in [1.54, 1.807) is 29.4 Å². The third-order valence-electron chi connectivity index (χ3n) is 6.53. The fourth-order valence-electron chi connectivity index (χ4n) is 5.16. The number of benzene rings is 1. The van der Waals surface area contributed by atoms with E-state index in [9.17, 15) is 9.18 Å². The Hall–Kier alpha value is -3.00. The van der Waals surface area contributed by atoms with Gasteiger partial charge in [0.15, 0.2) is 0 Å².